The third-order valence-electron chi connectivity index (χ3n) is 5.37. The first-order valence-electron chi connectivity index (χ1n) is 10.6. The first-order chi connectivity index (χ1) is 16.9. The van der Waals surface area contributed by atoms with Gasteiger partial charge in [-0.15, -0.1) is 0 Å². The number of benzene rings is 3. The van der Waals surface area contributed by atoms with Crippen molar-refractivity contribution < 1.29 is 23.7 Å². The number of para-hydroxylation sites is 1. The largest absolute Gasteiger partial charge is 0.494 e. The number of hydrogen-bond donors (Lipinski definition) is 1. The fourth-order valence-corrected chi connectivity index (χ4v) is 4.50. The molecule has 1 heterocycles. The van der Waals surface area contributed by atoms with Gasteiger partial charge in [-0.05, 0) is 31.2 Å². The molecule has 178 valence electrons. The van der Waals surface area contributed by atoms with E-state index in [2.05, 4.69) is 6.07 Å². The van der Waals surface area contributed by atoms with E-state index in [0.717, 1.165) is 5.56 Å². The zero-order valence-electron chi connectivity index (χ0n) is 18.8. The van der Waals surface area contributed by atoms with Gasteiger partial charge in [0.05, 0.1) is 35.2 Å². The van der Waals surface area contributed by atoms with Gasteiger partial charge in [-0.1, -0.05) is 47.5 Å². The molecule has 0 aliphatic carbocycles. The number of nitriles is 1. The van der Waals surface area contributed by atoms with Gasteiger partial charge in [0.25, 0.3) is 0 Å². The predicted molar refractivity (Wildman–Crippen MR) is 131 cm³/mol. The van der Waals surface area contributed by atoms with Crippen molar-refractivity contribution in [3.63, 3.8) is 0 Å². The molecule has 0 spiro atoms. The van der Waals surface area contributed by atoms with Crippen LogP contribution in [0.4, 0.5) is 0 Å². The molecule has 0 aromatic heterocycles. The van der Waals surface area contributed by atoms with Crippen LogP contribution in [0.15, 0.2) is 66.1 Å². The molecule has 3 aromatic rings. The molecule has 4 rings (SSSR count). The Labute approximate surface area is 212 Å². The van der Waals surface area contributed by atoms with Gasteiger partial charge in [-0.3, -0.25) is 0 Å². The molecule has 2 N–H and O–H groups in total. The summed E-state index contributed by atoms with van der Waals surface area (Å²) in [5.74, 6) is 0.240. The molecule has 0 radical (unpaired) electrons. The number of allylic oxidation sites excluding steroid dienone is 1. The molecule has 35 heavy (non-hydrogen) atoms. The molecule has 7 nitrogen and oxygen atoms in total. The molecule has 0 amide bonds. The second-order valence-electron chi connectivity index (χ2n) is 7.46. The van der Waals surface area contributed by atoms with Gasteiger partial charge in [0.2, 0.25) is 5.88 Å². The van der Waals surface area contributed by atoms with Gasteiger partial charge in [0.1, 0.15) is 28.9 Å². The van der Waals surface area contributed by atoms with Crippen LogP contribution >= 0.6 is 23.2 Å². The summed E-state index contributed by atoms with van der Waals surface area (Å²) in [6.45, 7) is 2.34. The third kappa shape index (κ3) is 4.72. The van der Waals surface area contributed by atoms with Crippen molar-refractivity contribution in [1.82, 2.24) is 0 Å². The molecule has 1 atom stereocenters. The summed E-state index contributed by atoms with van der Waals surface area (Å²) < 4.78 is 22.1. The van der Waals surface area contributed by atoms with Crippen LogP contribution in [0.1, 0.15) is 34.3 Å². The zero-order valence-corrected chi connectivity index (χ0v) is 20.3. The number of esters is 1. The van der Waals surface area contributed by atoms with Crippen molar-refractivity contribution in [3.8, 4) is 29.1 Å². The number of carbonyl (C=O) groups excluding carboxylic acids is 1. The Morgan fingerprint density at radius 2 is 1.83 bits per heavy atom. The first-order valence-corrected chi connectivity index (χ1v) is 11.3. The average molecular weight is 511 g/mol. The van der Waals surface area contributed by atoms with Crippen LogP contribution in [-0.4, -0.2) is 19.7 Å². The second-order valence-corrected chi connectivity index (χ2v) is 8.27. The minimum absolute atomic E-state index is 0.0338. The maximum atomic E-state index is 12.7. The maximum Gasteiger partial charge on any atom is 0.343 e. The van der Waals surface area contributed by atoms with Crippen LogP contribution in [0, 0.1) is 11.3 Å². The second kappa shape index (κ2) is 10.2. The van der Waals surface area contributed by atoms with Gasteiger partial charge in [0, 0.05) is 17.2 Å². The number of rotatable bonds is 6. The van der Waals surface area contributed by atoms with Crippen molar-refractivity contribution in [2.75, 3.05) is 13.7 Å². The normalized spacial score (nSPS) is 14.4. The van der Waals surface area contributed by atoms with Gasteiger partial charge < -0.3 is 24.7 Å². The molecule has 1 unspecified atom stereocenters. The van der Waals surface area contributed by atoms with E-state index in [1.54, 1.807) is 12.1 Å². The minimum Gasteiger partial charge on any atom is -0.494 e. The molecule has 0 saturated heterocycles. The van der Waals surface area contributed by atoms with E-state index in [1.807, 2.05) is 31.2 Å². The minimum atomic E-state index is -0.674. The first kappa shape index (κ1) is 24.3. The molecule has 9 heteroatoms. The van der Waals surface area contributed by atoms with E-state index in [-0.39, 0.29) is 38.6 Å². The topological polar surface area (TPSA) is 104 Å². The monoisotopic (exact) mass is 510 g/mol. The summed E-state index contributed by atoms with van der Waals surface area (Å²) in [7, 11) is 1.43. The quantitative estimate of drug-likeness (QED) is 0.328. The van der Waals surface area contributed by atoms with Gasteiger partial charge in [0.15, 0.2) is 5.75 Å². The molecule has 0 fully saturated rings. The summed E-state index contributed by atoms with van der Waals surface area (Å²) in [4.78, 5) is 12.7. The number of hydrogen-bond acceptors (Lipinski definition) is 7. The Kier molecular flexibility index (Phi) is 7.06. The maximum absolute atomic E-state index is 12.7. The van der Waals surface area contributed by atoms with Crippen LogP contribution in [0.2, 0.25) is 10.0 Å². The number of nitrogens with zero attached hydrogens (tertiary/aromatic N) is 1. The Bertz CT molecular complexity index is 1360. The van der Waals surface area contributed by atoms with Crippen molar-refractivity contribution >= 4 is 29.2 Å². The van der Waals surface area contributed by atoms with E-state index < -0.39 is 11.9 Å². The van der Waals surface area contributed by atoms with Crippen LogP contribution in [0.5, 0.6) is 23.0 Å². The Morgan fingerprint density at radius 3 is 2.49 bits per heavy atom. The number of carbonyl (C=O) groups is 1. The van der Waals surface area contributed by atoms with E-state index in [0.29, 0.717) is 23.7 Å². The molecule has 3 aromatic carbocycles. The van der Waals surface area contributed by atoms with Crippen molar-refractivity contribution in [3.05, 3.63) is 92.8 Å². The molecule has 0 saturated carbocycles. The van der Waals surface area contributed by atoms with Gasteiger partial charge in [-0.2, -0.15) is 5.26 Å². The number of ether oxygens (including phenoxy) is 4. The summed E-state index contributed by atoms with van der Waals surface area (Å²) in [6.07, 6.45) is 0. The van der Waals surface area contributed by atoms with Crippen LogP contribution in [0.25, 0.3) is 0 Å². The lowest BCUT2D eigenvalue weighted by Crippen LogP contribution is -2.21. The van der Waals surface area contributed by atoms with Crippen molar-refractivity contribution in [2.24, 2.45) is 5.73 Å². The summed E-state index contributed by atoms with van der Waals surface area (Å²) in [6, 6.07) is 17.3. The summed E-state index contributed by atoms with van der Waals surface area (Å²) in [5.41, 5.74) is 7.96. The number of methoxy groups -OCH3 is 1. The lowest BCUT2D eigenvalue weighted by atomic mass is 9.83. The van der Waals surface area contributed by atoms with Crippen LogP contribution in [0.3, 0.4) is 0 Å². The summed E-state index contributed by atoms with van der Waals surface area (Å²) >= 11 is 12.3. The highest BCUT2D eigenvalue weighted by Gasteiger charge is 2.33. The zero-order chi connectivity index (χ0) is 25.1. The van der Waals surface area contributed by atoms with Gasteiger partial charge >= 0.3 is 5.97 Å². The number of nitrogens with two attached hydrogens (primary N) is 1. The molecule has 1 aliphatic rings. The van der Waals surface area contributed by atoms with E-state index >= 15 is 0 Å². The Hall–Kier alpha value is -3.86. The number of fused-ring (bicyclic) bond motifs is 1. The summed E-state index contributed by atoms with van der Waals surface area (Å²) in [5, 5.41) is 10.2. The molecular formula is C26H20Cl2N2O5. The fourth-order valence-electron chi connectivity index (χ4n) is 3.86. The van der Waals surface area contributed by atoms with Crippen molar-refractivity contribution in [1.29, 1.82) is 5.26 Å². The van der Waals surface area contributed by atoms with Crippen LogP contribution in [-0.2, 0) is 0 Å². The third-order valence-corrected chi connectivity index (χ3v) is 5.93. The predicted octanol–water partition coefficient (Wildman–Crippen LogP) is 5.84. The van der Waals surface area contributed by atoms with E-state index in [9.17, 15) is 10.1 Å². The standard InChI is InChI=1S/C26H20Cl2N2O5/c1-3-33-21-7-5-4-6-16(21)23-17-9-8-15(12-22(17)35-25(30)18(23)13-29)34-26(31)14-10-19(27)24(32-2)20(28)11-14/h4-12,23H,3,30H2,1-2H3. The van der Waals surface area contributed by atoms with E-state index in [4.69, 9.17) is 47.9 Å². The van der Waals surface area contributed by atoms with Gasteiger partial charge in [-0.25, -0.2) is 4.79 Å². The highest BCUT2D eigenvalue weighted by atomic mass is 35.5. The average Bonchev–Trinajstić information content (AvgIpc) is 2.83. The number of halogens is 2. The Balaban J connectivity index is 1.70. The molecular weight excluding hydrogens is 491 g/mol. The van der Waals surface area contributed by atoms with Crippen LogP contribution < -0.4 is 24.7 Å². The lowest BCUT2D eigenvalue weighted by Gasteiger charge is -2.27. The smallest absolute Gasteiger partial charge is 0.343 e. The highest BCUT2D eigenvalue weighted by Crippen LogP contribution is 2.46. The SMILES string of the molecule is CCOc1ccccc1C1C(C#N)=C(N)Oc2cc(OC(=O)c3cc(Cl)c(OC)c(Cl)c3)ccc21. The Morgan fingerprint density at radius 1 is 1.11 bits per heavy atom. The molecule has 1 aliphatic heterocycles. The highest BCUT2D eigenvalue weighted by molar-refractivity contribution is 6.37. The fraction of sp³-hybridized carbons (Fsp3) is 0.154. The van der Waals surface area contributed by atoms with E-state index in [1.165, 1.54) is 25.3 Å². The molecule has 0 bridgehead atoms. The lowest BCUT2D eigenvalue weighted by molar-refractivity contribution is 0.0734. The van der Waals surface area contributed by atoms with Crippen molar-refractivity contribution in [2.45, 2.75) is 12.8 Å².